The van der Waals surface area contributed by atoms with Gasteiger partial charge in [0.2, 0.25) is 0 Å². The summed E-state index contributed by atoms with van der Waals surface area (Å²) in [5.74, 6) is -0.0838. The predicted octanol–water partition coefficient (Wildman–Crippen LogP) is 5.36. The van der Waals surface area contributed by atoms with Gasteiger partial charge in [-0.3, -0.25) is 4.79 Å². The molecule has 0 aromatic heterocycles. The van der Waals surface area contributed by atoms with E-state index in [2.05, 4.69) is 0 Å². The molecule has 1 aliphatic heterocycles. The van der Waals surface area contributed by atoms with Gasteiger partial charge in [-0.05, 0) is 49.4 Å². The molecule has 0 aliphatic carbocycles. The summed E-state index contributed by atoms with van der Waals surface area (Å²) in [7, 11) is 0. The van der Waals surface area contributed by atoms with Crippen molar-refractivity contribution in [3.05, 3.63) is 64.7 Å². The van der Waals surface area contributed by atoms with Crippen LogP contribution < -0.4 is 4.90 Å². The number of benzene rings is 2. The zero-order chi connectivity index (χ0) is 19.4. The van der Waals surface area contributed by atoms with Gasteiger partial charge in [-0.25, -0.2) is 0 Å². The maximum atomic E-state index is 13.6. The number of nitrogens with zero attached hydrogens (tertiary/aromatic N) is 1. The molecule has 1 heterocycles. The van der Waals surface area contributed by atoms with Crippen molar-refractivity contribution in [3.8, 4) is 0 Å². The lowest BCUT2D eigenvalue weighted by Gasteiger charge is -2.31. The first-order chi connectivity index (χ1) is 12.8. The summed E-state index contributed by atoms with van der Waals surface area (Å²) in [5.41, 5.74) is 1.97. The quantitative estimate of drug-likeness (QED) is 0.701. The molecular weight excluding hydrogens is 351 g/mol. The molecule has 0 spiro atoms. The molecule has 1 saturated heterocycles. The Balaban J connectivity index is 1.78. The first-order valence-corrected chi connectivity index (χ1v) is 9.35. The van der Waals surface area contributed by atoms with Gasteiger partial charge in [0.15, 0.2) is 0 Å². The second-order valence-electron chi connectivity index (χ2n) is 7.28. The van der Waals surface area contributed by atoms with E-state index in [1.54, 1.807) is 6.07 Å². The Labute approximate surface area is 158 Å². The second kappa shape index (κ2) is 8.15. The zero-order valence-electron chi connectivity index (χ0n) is 15.5. The van der Waals surface area contributed by atoms with Gasteiger partial charge in [0.1, 0.15) is 5.78 Å². The van der Waals surface area contributed by atoms with Crippen LogP contribution >= 0.6 is 0 Å². The molecular formula is C22H24F3NO. The topological polar surface area (TPSA) is 20.3 Å². The van der Waals surface area contributed by atoms with Gasteiger partial charge in [0, 0.05) is 31.6 Å². The Bertz CT molecular complexity index is 807. The number of Topliss-reactive ketones (excluding diaryl/α,β-unsaturated/α-hetero) is 1. The van der Waals surface area contributed by atoms with Crippen molar-refractivity contribution in [3.63, 3.8) is 0 Å². The Morgan fingerprint density at radius 1 is 0.963 bits per heavy atom. The second-order valence-corrected chi connectivity index (χ2v) is 7.28. The Hall–Kier alpha value is -2.30. The van der Waals surface area contributed by atoms with Gasteiger partial charge in [0.05, 0.1) is 5.56 Å². The molecule has 0 atom stereocenters. The van der Waals surface area contributed by atoms with Gasteiger partial charge in [-0.1, -0.05) is 35.9 Å². The molecule has 2 nitrogen and oxygen atoms in total. The van der Waals surface area contributed by atoms with E-state index in [1.807, 2.05) is 36.1 Å². The number of halogens is 3. The molecule has 144 valence electrons. The molecule has 3 rings (SSSR count). The molecule has 1 fully saturated rings. The highest BCUT2D eigenvalue weighted by Gasteiger charge is 2.35. The minimum atomic E-state index is -4.43. The molecule has 0 unspecified atom stereocenters. The van der Waals surface area contributed by atoms with Crippen LogP contribution in [0.1, 0.15) is 41.5 Å². The van der Waals surface area contributed by atoms with Gasteiger partial charge >= 0.3 is 6.18 Å². The summed E-state index contributed by atoms with van der Waals surface area (Å²) >= 11 is 0. The fraction of sp³-hybridized carbons (Fsp3) is 0.409. The van der Waals surface area contributed by atoms with E-state index < -0.39 is 11.7 Å². The molecule has 0 radical (unpaired) electrons. The fourth-order valence-electron chi connectivity index (χ4n) is 3.67. The number of carbonyl (C=O) groups is 1. The highest BCUT2D eigenvalue weighted by molar-refractivity contribution is 5.83. The first kappa shape index (κ1) is 19.5. The third kappa shape index (κ3) is 5.12. The van der Waals surface area contributed by atoms with E-state index in [1.165, 1.54) is 6.07 Å². The minimum Gasteiger partial charge on any atom is -0.371 e. The number of hydrogen-bond donors (Lipinski definition) is 0. The van der Waals surface area contributed by atoms with E-state index >= 15 is 0 Å². The number of anilines is 1. The first-order valence-electron chi connectivity index (χ1n) is 9.35. The summed E-state index contributed by atoms with van der Waals surface area (Å²) < 4.78 is 40.8. The molecule has 0 bridgehead atoms. The normalized spacial score (nSPS) is 15.0. The smallest absolute Gasteiger partial charge is 0.371 e. The molecule has 2 aromatic carbocycles. The van der Waals surface area contributed by atoms with Crippen molar-refractivity contribution in [2.45, 2.75) is 45.2 Å². The molecule has 1 aliphatic rings. The number of ketones is 1. The highest BCUT2D eigenvalue weighted by atomic mass is 19.4. The third-order valence-electron chi connectivity index (χ3n) is 4.95. The Morgan fingerprint density at radius 2 is 1.63 bits per heavy atom. The van der Waals surface area contributed by atoms with Crippen molar-refractivity contribution in [2.24, 2.45) is 0 Å². The van der Waals surface area contributed by atoms with Crippen LogP contribution in [0.4, 0.5) is 18.9 Å². The Kier molecular flexibility index (Phi) is 5.88. The van der Waals surface area contributed by atoms with Crippen molar-refractivity contribution < 1.29 is 18.0 Å². The standard InChI is InChI=1S/C22H24F3NO/c1-16-6-5-7-17(12-16)13-19(27)14-18-8-9-21(20(15-18)22(23,24)25)26-10-3-2-4-11-26/h5-9,12,15H,2-4,10-11,13-14H2,1H3. The van der Waals surface area contributed by atoms with Gasteiger partial charge in [-0.15, -0.1) is 0 Å². The van der Waals surface area contributed by atoms with E-state index in [-0.39, 0.29) is 24.3 Å². The molecule has 0 N–H and O–H groups in total. The van der Waals surface area contributed by atoms with Crippen LogP contribution in [0.5, 0.6) is 0 Å². The largest absolute Gasteiger partial charge is 0.418 e. The number of carbonyl (C=O) groups excluding carboxylic acids is 1. The van der Waals surface area contributed by atoms with Crippen LogP contribution in [-0.4, -0.2) is 18.9 Å². The highest BCUT2D eigenvalue weighted by Crippen LogP contribution is 2.38. The summed E-state index contributed by atoms with van der Waals surface area (Å²) in [6, 6.07) is 12.0. The van der Waals surface area contributed by atoms with Gasteiger partial charge in [-0.2, -0.15) is 13.2 Å². The van der Waals surface area contributed by atoms with Crippen LogP contribution in [0.2, 0.25) is 0 Å². The molecule has 27 heavy (non-hydrogen) atoms. The SMILES string of the molecule is Cc1cccc(CC(=O)Cc2ccc(N3CCCCC3)c(C(F)(F)F)c2)c1. The van der Waals surface area contributed by atoms with E-state index in [0.29, 0.717) is 18.7 Å². The average Bonchev–Trinajstić information content (AvgIpc) is 2.61. The summed E-state index contributed by atoms with van der Waals surface area (Å²) in [4.78, 5) is 14.2. The van der Waals surface area contributed by atoms with Gasteiger partial charge in [0.25, 0.3) is 0 Å². The van der Waals surface area contributed by atoms with Crippen molar-refractivity contribution in [1.29, 1.82) is 0 Å². The number of rotatable bonds is 5. The number of hydrogen-bond acceptors (Lipinski definition) is 2. The summed E-state index contributed by atoms with van der Waals surface area (Å²) in [6.45, 7) is 3.24. The fourth-order valence-corrected chi connectivity index (χ4v) is 3.67. The summed E-state index contributed by atoms with van der Waals surface area (Å²) in [5, 5.41) is 0. The molecule has 5 heteroatoms. The zero-order valence-corrected chi connectivity index (χ0v) is 15.5. The van der Waals surface area contributed by atoms with Crippen LogP contribution in [0, 0.1) is 6.92 Å². The third-order valence-corrected chi connectivity index (χ3v) is 4.95. The van der Waals surface area contributed by atoms with E-state index in [0.717, 1.165) is 36.5 Å². The summed E-state index contributed by atoms with van der Waals surface area (Å²) in [6.07, 6.45) is -1.30. The van der Waals surface area contributed by atoms with Crippen LogP contribution in [0.3, 0.4) is 0 Å². The van der Waals surface area contributed by atoms with Gasteiger partial charge < -0.3 is 4.90 Å². The monoisotopic (exact) mass is 375 g/mol. The van der Waals surface area contributed by atoms with E-state index in [4.69, 9.17) is 0 Å². The molecule has 0 saturated carbocycles. The maximum Gasteiger partial charge on any atom is 0.418 e. The predicted molar refractivity (Wildman–Crippen MR) is 101 cm³/mol. The lowest BCUT2D eigenvalue weighted by atomic mass is 9.98. The number of aryl methyl sites for hydroxylation is 1. The van der Waals surface area contributed by atoms with Crippen molar-refractivity contribution in [2.75, 3.05) is 18.0 Å². The lowest BCUT2D eigenvalue weighted by molar-refractivity contribution is -0.137. The molecule has 2 aromatic rings. The van der Waals surface area contributed by atoms with Crippen molar-refractivity contribution in [1.82, 2.24) is 0 Å². The minimum absolute atomic E-state index is 0.0112. The lowest BCUT2D eigenvalue weighted by Crippen LogP contribution is -2.31. The van der Waals surface area contributed by atoms with Crippen LogP contribution in [-0.2, 0) is 23.8 Å². The maximum absolute atomic E-state index is 13.6. The number of alkyl halides is 3. The Morgan fingerprint density at radius 3 is 2.26 bits per heavy atom. The van der Waals surface area contributed by atoms with Crippen molar-refractivity contribution >= 4 is 11.5 Å². The average molecular weight is 375 g/mol. The van der Waals surface area contributed by atoms with E-state index in [9.17, 15) is 18.0 Å². The number of piperidine rings is 1. The van der Waals surface area contributed by atoms with Crippen LogP contribution in [0.15, 0.2) is 42.5 Å². The molecule has 0 amide bonds. The van der Waals surface area contributed by atoms with Crippen LogP contribution in [0.25, 0.3) is 0 Å².